The van der Waals surface area contributed by atoms with Gasteiger partial charge in [-0.15, -0.1) is 0 Å². The molecule has 0 unspecified atom stereocenters. The van der Waals surface area contributed by atoms with E-state index in [1.165, 1.54) is 60.7 Å². The van der Waals surface area contributed by atoms with Gasteiger partial charge in [0.1, 0.15) is 0 Å². The first-order chi connectivity index (χ1) is 8.75. The van der Waals surface area contributed by atoms with E-state index in [4.69, 9.17) is 0 Å². The highest BCUT2D eigenvalue weighted by Crippen LogP contribution is 2.23. The molecule has 0 amide bonds. The highest BCUT2D eigenvalue weighted by molar-refractivity contribution is 9.10. The molecule has 102 valence electrons. The Labute approximate surface area is 120 Å². The fraction of sp³-hybridized carbons (Fsp3) is 0.625. The van der Waals surface area contributed by atoms with Gasteiger partial charge in [0.05, 0.1) is 0 Å². The molecule has 0 atom stereocenters. The number of unbranched alkanes of at least 4 members (excludes halogenated alkanes) is 6. The molecule has 1 aromatic rings. The summed E-state index contributed by atoms with van der Waals surface area (Å²) in [6.45, 7) is 5.51. The van der Waals surface area contributed by atoms with E-state index in [0.29, 0.717) is 0 Å². The quantitative estimate of drug-likeness (QED) is 0.558. The number of hydrogen-bond acceptors (Lipinski definition) is 1. The second-order valence-electron chi connectivity index (χ2n) is 4.96. The van der Waals surface area contributed by atoms with Gasteiger partial charge in [0.2, 0.25) is 0 Å². The normalized spacial score (nSPS) is 10.6. The van der Waals surface area contributed by atoms with Crippen molar-refractivity contribution in [2.75, 3.05) is 11.9 Å². The van der Waals surface area contributed by atoms with Crippen LogP contribution in [-0.4, -0.2) is 6.54 Å². The number of rotatable bonds is 9. The molecule has 0 aromatic heterocycles. The predicted molar refractivity (Wildman–Crippen MR) is 85.4 cm³/mol. The molecule has 1 N–H and O–H groups in total. The van der Waals surface area contributed by atoms with Crippen LogP contribution in [0.2, 0.25) is 0 Å². The van der Waals surface area contributed by atoms with Gasteiger partial charge >= 0.3 is 0 Å². The lowest BCUT2D eigenvalue weighted by molar-refractivity contribution is 0.596. The lowest BCUT2D eigenvalue weighted by atomic mass is 10.1. The molecule has 0 saturated heterocycles. The smallest absolute Gasteiger partial charge is 0.0381 e. The molecule has 0 fully saturated rings. The van der Waals surface area contributed by atoms with Crippen LogP contribution in [0.1, 0.15) is 57.4 Å². The third-order valence-corrected chi connectivity index (χ3v) is 4.22. The molecule has 0 bridgehead atoms. The van der Waals surface area contributed by atoms with Crippen LogP contribution in [0.15, 0.2) is 22.7 Å². The van der Waals surface area contributed by atoms with E-state index in [0.717, 1.165) is 6.54 Å². The van der Waals surface area contributed by atoms with Crippen LogP contribution < -0.4 is 5.32 Å². The topological polar surface area (TPSA) is 12.0 Å². The van der Waals surface area contributed by atoms with Crippen molar-refractivity contribution in [3.8, 4) is 0 Å². The predicted octanol–water partition coefficient (Wildman–Crippen LogP) is 5.92. The van der Waals surface area contributed by atoms with E-state index in [-0.39, 0.29) is 0 Å². The van der Waals surface area contributed by atoms with Crippen molar-refractivity contribution in [2.24, 2.45) is 0 Å². The Morgan fingerprint density at radius 1 is 1.00 bits per heavy atom. The zero-order chi connectivity index (χ0) is 13.2. The summed E-state index contributed by atoms with van der Waals surface area (Å²) in [5.74, 6) is 0. The van der Waals surface area contributed by atoms with Gasteiger partial charge in [-0.25, -0.2) is 0 Å². The number of anilines is 1. The van der Waals surface area contributed by atoms with E-state index in [2.05, 4.69) is 53.3 Å². The Morgan fingerprint density at radius 3 is 2.39 bits per heavy atom. The minimum absolute atomic E-state index is 1.09. The fourth-order valence-electron chi connectivity index (χ4n) is 2.10. The summed E-state index contributed by atoms with van der Waals surface area (Å²) in [7, 11) is 0. The Bertz CT molecular complexity index is 336. The Balaban J connectivity index is 2.09. The molecule has 0 spiro atoms. The molecular weight excluding hydrogens is 286 g/mol. The van der Waals surface area contributed by atoms with E-state index in [1.54, 1.807) is 0 Å². The molecule has 0 aliphatic heterocycles. The largest absolute Gasteiger partial charge is 0.385 e. The second kappa shape index (κ2) is 9.43. The molecule has 2 heteroatoms. The number of halogens is 1. The first-order valence-electron chi connectivity index (χ1n) is 7.24. The Morgan fingerprint density at radius 2 is 1.67 bits per heavy atom. The summed E-state index contributed by atoms with van der Waals surface area (Å²) in [5, 5.41) is 3.53. The molecular formula is C16H26BrN. The van der Waals surface area contributed by atoms with Gasteiger partial charge < -0.3 is 5.32 Å². The zero-order valence-corrected chi connectivity index (χ0v) is 13.4. The summed E-state index contributed by atoms with van der Waals surface area (Å²) in [4.78, 5) is 0. The molecule has 1 aromatic carbocycles. The van der Waals surface area contributed by atoms with Crippen LogP contribution >= 0.6 is 15.9 Å². The van der Waals surface area contributed by atoms with E-state index in [1.807, 2.05) is 0 Å². The molecule has 1 rings (SSSR count). The monoisotopic (exact) mass is 311 g/mol. The zero-order valence-electron chi connectivity index (χ0n) is 11.8. The Hall–Kier alpha value is -0.500. The highest BCUT2D eigenvalue weighted by Gasteiger charge is 2.00. The molecule has 1 nitrogen and oxygen atoms in total. The van der Waals surface area contributed by atoms with Crippen LogP contribution in [0.25, 0.3) is 0 Å². The van der Waals surface area contributed by atoms with Gasteiger partial charge in [0.15, 0.2) is 0 Å². The lowest BCUT2D eigenvalue weighted by Gasteiger charge is -2.10. The molecule has 18 heavy (non-hydrogen) atoms. The van der Waals surface area contributed by atoms with E-state index >= 15 is 0 Å². The van der Waals surface area contributed by atoms with Crippen LogP contribution in [0.5, 0.6) is 0 Å². The lowest BCUT2D eigenvalue weighted by Crippen LogP contribution is -2.03. The third kappa shape index (κ3) is 5.90. The molecule has 0 aliphatic carbocycles. The summed E-state index contributed by atoms with van der Waals surface area (Å²) >= 11 is 3.56. The number of hydrogen-bond donors (Lipinski definition) is 1. The number of nitrogens with one attached hydrogen (secondary N) is 1. The average Bonchev–Trinajstić information content (AvgIpc) is 2.37. The first-order valence-corrected chi connectivity index (χ1v) is 8.04. The maximum atomic E-state index is 3.56. The minimum atomic E-state index is 1.09. The van der Waals surface area contributed by atoms with E-state index in [9.17, 15) is 0 Å². The molecule has 0 aliphatic rings. The van der Waals surface area contributed by atoms with Gasteiger partial charge in [-0.1, -0.05) is 67.4 Å². The summed E-state index contributed by atoms with van der Waals surface area (Å²) in [6, 6.07) is 6.33. The minimum Gasteiger partial charge on any atom is -0.385 e. The molecule has 0 radical (unpaired) electrons. The highest BCUT2D eigenvalue weighted by atomic mass is 79.9. The van der Waals surface area contributed by atoms with Crippen molar-refractivity contribution in [3.63, 3.8) is 0 Å². The summed E-state index contributed by atoms with van der Waals surface area (Å²) < 4.78 is 1.19. The maximum Gasteiger partial charge on any atom is 0.0381 e. The van der Waals surface area contributed by atoms with Crippen LogP contribution in [-0.2, 0) is 0 Å². The standard InChI is InChI=1S/C16H26BrN/c1-3-4-5-6-7-8-9-13-18-16-12-10-11-15(17)14(16)2/h10-12,18H,3-9,13H2,1-2H3. The van der Waals surface area contributed by atoms with Gasteiger partial charge in [-0.05, 0) is 31.0 Å². The summed E-state index contributed by atoms with van der Waals surface area (Å²) in [5.41, 5.74) is 2.57. The SMILES string of the molecule is CCCCCCCCCNc1cccc(Br)c1C. The average molecular weight is 312 g/mol. The number of benzene rings is 1. The van der Waals surface area contributed by atoms with Crippen molar-refractivity contribution >= 4 is 21.6 Å². The molecule has 0 heterocycles. The Kier molecular flexibility index (Phi) is 8.15. The first kappa shape index (κ1) is 15.6. The van der Waals surface area contributed by atoms with Gasteiger partial charge in [-0.2, -0.15) is 0 Å². The van der Waals surface area contributed by atoms with Crippen LogP contribution in [0.3, 0.4) is 0 Å². The maximum absolute atomic E-state index is 3.56. The van der Waals surface area contributed by atoms with Crippen molar-refractivity contribution in [1.29, 1.82) is 0 Å². The van der Waals surface area contributed by atoms with Gasteiger partial charge in [0.25, 0.3) is 0 Å². The van der Waals surface area contributed by atoms with Crippen LogP contribution in [0, 0.1) is 6.92 Å². The van der Waals surface area contributed by atoms with Crippen molar-refractivity contribution in [2.45, 2.75) is 58.8 Å². The van der Waals surface area contributed by atoms with Crippen molar-refractivity contribution in [1.82, 2.24) is 0 Å². The van der Waals surface area contributed by atoms with Crippen LogP contribution in [0.4, 0.5) is 5.69 Å². The molecule has 0 saturated carbocycles. The fourth-order valence-corrected chi connectivity index (χ4v) is 2.47. The van der Waals surface area contributed by atoms with E-state index < -0.39 is 0 Å². The second-order valence-corrected chi connectivity index (χ2v) is 5.81. The van der Waals surface area contributed by atoms with Crippen molar-refractivity contribution < 1.29 is 0 Å². The summed E-state index contributed by atoms with van der Waals surface area (Å²) in [6.07, 6.45) is 9.57. The van der Waals surface area contributed by atoms with Gasteiger partial charge in [0, 0.05) is 16.7 Å². The van der Waals surface area contributed by atoms with Gasteiger partial charge in [-0.3, -0.25) is 0 Å². The van der Waals surface area contributed by atoms with Crippen molar-refractivity contribution in [3.05, 3.63) is 28.2 Å². The third-order valence-electron chi connectivity index (χ3n) is 3.36.